The van der Waals surface area contributed by atoms with Crippen LogP contribution in [0.3, 0.4) is 0 Å². The van der Waals surface area contributed by atoms with Crippen LogP contribution in [0.5, 0.6) is 5.75 Å². The van der Waals surface area contributed by atoms with Gasteiger partial charge in [-0.2, -0.15) is 8.78 Å². The molecule has 0 aliphatic heterocycles. The minimum atomic E-state index is -2.78. The lowest BCUT2D eigenvalue weighted by Crippen LogP contribution is -2.16. The molecular weight excluding hydrogens is 240 g/mol. The zero-order valence-corrected chi connectivity index (χ0v) is 10.4. The van der Waals surface area contributed by atoms with E-state index in [1.165, 1.54) is 12.1 Å². The molecule has 5 heteroatoms. The molecule has 1 aromatic carbocycles. The van der Waals surface area contributed by atoms with Crippen molar-refractivity contribution in [2.45, 2.75) is 39.0 Å². The average molecular weight is 259 g/mol. The van der Waals surface area contributed by atoms with Gasteiger partial charge in [-0.1, -0.05) is 12.1 Å². The summed E-state index contributed by atoms with van der Waals surface area (Å²) in [5.74, 6) is 0.169. The van der Waals surface area contributed by atoms with Gasteiger partial charge in [-0.25, -0.2) is 0 Å². The van der Waals surface area contributed by atoms with E-state index in [9.17, 15) is 8.78 Å². The zero-order chi connectivity index (χ0) is 13.4. The number of nitrogens with one attached hydrogen (secondary N) is 1. The number of hydrogen-bond donors (Lipinski definition) is 2. The molecule has 0 heterocycles. The van der Waals surface area contributed by atoms with Gasteiger partial charge < -0.3 is 15.2 Å². The van der Waals surface area contributed by atoms with Crippen LogP contribution < -0.4 is 10.1 Å². The van der Waals surface area contributed by atoms with Crippen LogP contribution in [0.4, 0.5) is 8.78 Å². The van der Waals surface area contributed by atoms with Crippen LogP contribution in [0.25, 0.3) is 0 Å². The molecule has 3 nitrogen and oxygen atoms in total. The van der Waals surface area contributed by atoms with Gasteiger partial charge in [-0.3, -0.25) is 0 Å². The average Bonchev–Trinajstić information content (AvgIpc) is 2.30. The first-order chi connectivity index (χ1) is 8.58. The molecular formula is C13H19F2NO2. The van der Waals surface area contributed by atoms with E-state index in [0.29, 0.717) is 6.54 Å². The van der Waals surface area contributed by atoms with E-state index >= 15 is 0 Å². The van der Waals surface area contributed by atoms with Gasteiger partial charge in [-0.15, -0.1) is 0 Å². The Kier molecular flexibility index (Phi) is 6.60. The molecule has 0 saturated carbocycles. The van der Waals surface area contributed by atoms with Crippen molar-refractivity contribution in [1.29, 1.82) is 0 Å². The second-order valence-corrected chi connectivity index (χ2v) is 4.19. The summed E-state index contributed by atoms with van der Waals surface area (Å²) in [5.41, 5.74) is 1.01. The Morgan fingerprint density at radius 2 is 1.94 bits per heavy atom. The summed E-state index contributed by atoms with van der Waals surface area (Å²) >= 11 is 0. The summed E-state index contributed by atoms with van der Waals surface area (Å²) < 4.78 is 28.1. The fourth-order valence-electron chi connectivity index (χ4n) is 1.54. The standard InChI is InChI=1S/C13H19F2NO2/c1-10(17)3-2-8-16-9-11-4-6-12(7-5-11)18-13(14)15/h4-7,10,13,16-17H,2-3,8-9H2,1H3. The highest BCUT2D eigenvalue weighted by Crippen LogP contribution is 2.14. The predicted octanol–water partition coefficient (Wildman–Crippen LogP) is 2.54. The summed E-state index contributed by atoms with van der Waals surface area (Å²) in [6.07, 6.45) is 1.41. The maximum Gasteiger partial charge on any atom is 0.387 e. The van der Waals surface area contributed by atoms with Gasteiger partial charge in [0, 0.05) is 6.54 Å². The number of rotatable bonds is 8. The fraction of sp³-hybridized carbons (Fsp3) is 0.538. The summed E-state index contributed by atoms with van der Waals surface area (Å²) in [6.45, 7) is 0.478. The normalized spacial score (nSPS) is 12.7. The maximum absolute atomic E-state index is 11.9. The first-order valence-electron chi connectivity index (χ1n) is 6.00. The first-order valence-corrected chi connectivity index (χ1v) is 6.00. The van der Waals surface area contributed by atoms with Crippen molar-refractivity contribution in [2.24, 2.45) is 0 Å². The summed E-state index contributed by atoms with van der Waals surface area (Å²) in [6, 6.07) is 6.55. The van der Waals surface area contributed by atoms with Crippen molar-refractivity contribution in [3.05, 3.63) is 29.8 Å². The lowest BCUT2D eigenvalue weighted by Gasteiger charge is -2.08. The number of alkyl halides is 2. The van der Waals surface area contributed by atoms with Gasteiger partial charge in [-0.05, 0) is 44.0 Å². The topological polar surface area (TPSA) is 41.5 Å². The number of benzene rings is 1. The van der Waals surface area contributed by atoms with Crippen LogP contribution in [0.1, 0.15) is 25.3 Å². The van der Waals surface area contributed by atoms with Gasteiger partial charge in [0.1, 0.15) is 5.75 Å². The molecule has 0 aliphatic carbocycles. The van der Waals surface area contributed by atoms with E-state index in [1.54, 1.807) is 19.1 Å². The van der Waals surface area contributed by atoms with E-state index in [4.69, 9.17) is 5.11 Å². The number of aliphatic hydroxyl groups excluding tert-OH is 1. The fourth-order valence-corrected chi connectivity index (χ4v) is 1.54. The Balaban J connectivity index is 2.22. The molecule has 102 valence electrons. The van der Waals surface area contributed by atoms with E-state index in [2.05, 4.69) is 10.1 Å². The highest BCUT2D eigenvalue weighted by atomic mass is 19.3. The van der Waals surface area contributed by atoms with Gasteiger partial charge in [0.15, 0.2) is 0 Å². The van der Waals surface area contributed by atoms with E-state index < -0.39 is 6.61 Å². The van der Waals surface area contributed by atoms with Crippen LogP contribution in [0.2, 0.25) is 0 Å². The lowest BCUT2D eigenvalue weighted by molar-refractivity contribution is -0.0498. The van der Waals surface area contributed by atoms with Crippen molar-refractivity contribution in [3.63, 3.8) is 0 Å². The highest BCUT2D eigenvalue weighted by Gasteiger charge is 2.03. The summed E-state index contributed by atoms with van der Waals surface area (Å²) in [5, 5.41) is 12.3. The van der Waals surface area contributed by atoms with Gasteiger partial charge in [0.25, 0.3) is 0 Å². The quantitative estimate of drug-likeness (QED) is 0.705. The molecule has 0 fully saturated rings. The Morgan fingerprint density at radius 3 is 2.50 bits per heavy atom. The second-order valence-electron chi connectivity index (χ2n) is 4.19. The maximum atomic E-state index is 11.9. The molecule has 18 heavy (non-hydrogen) atoms. The van der Waals surface area contributed by atoms with Gasteiger partial charge in [0.2, 0.25) is 0 Å². The smallest absolute Gasteiger partial charge is 0.387 e. The first kappa shape index (κ1) is 14.9. The largest absolute Gasteiger partial charge is 0.435 e. The van der Waals surface area contributed by atoms with E-state index in [1.807, 2.05) is 0 Å². The zero-order valence-electron chi connectivity index (χ0n) is 10.4. The molecule has 1 rings (SSSR count). The van der Waals surface area contributed by atoms with Gasteiger partial charge >= 0.3 is 6.61 Å². The SMILES string of the molecule is CC(O)CCCNCc1ccc(OC(F)F)cc1. The summed E-state index contributed by atoms with van der Waals surface area (Å²) in [4.78, 5) is 0. The van der Waals surface area contributed by atoms with Crippen molar-refractivity contribution in [1.82, 2.24) is 5.32 Å². The molecule has 1 aromatic rings. The second kappa shape index (κ2) is 8.00. The van der Waals surface area contributed by atoms with Crippen LogP contribution in [0.15, 0.2) is 24.3 Å². The van der Waals surface area contributed by atoms with Crippen molar-refractivity contribution >= 4 is 0 Å². The summed E-state index contributed by atoms with van der Waals surface area (Å²) in [7, 11) is 0. The van der Waals surface area contributed by atoms with E-state index in [-0.39, 0.29) is 11.9 Å². The van der Waals surface area contributed by atoms with Crippen molar-refractivity contribution < 1.29 is 18.6 Å². The third kappa shape index (κ3) is 6.51. The Labute approximate surface area is 106 Å². The lowest BCUT2D eigenvalue weighted by atomic mass is 10.2. The number of aliphatic hydroxyl groups is 1. The molecule has 1 unspecified atom stereocenters. The van der Waals surface area contributed by atoms with Gasteiger partial charge in [0.05, 0.1) is 6.10 Å². The minimum Gasteiger partial charge on any atom is -0.435 e. The third-order valence-electron chi connectivity index (χ3n) is 2.45. The number of hydrogen-bond acceptors (Lipinski definition) is 3. The van der Waals surface area contributed by atoms with Crippen molar-refractivity contribution in [3.8, 4) is 5.75 Å². The molecule has 0 aliphatic rings. The van der Waals surface area contributed by atoms with Crippen molar-refractivity contribution in [2.75, 3.05) is 6.54 Å². The molecule has 0 aromatic heterocycles. The van der Waals surface area contributed by atoms with Crippen LogP contribution in [0, 0.1) is 0 Å². The Morgan fingerprint density at radius 1 is 1.28 bits per heavy atom. The highest BCUT2D eigenvalue weighted by molar-refractivity contribution is 5.27. The number of ether oxygens (including phenoxy) is 1. The minimum absolute atomic E-state index is 0.169. The molecule has 1 atom stereocenters. The number of halogens is 2. The van der Waals surface area contributed by atoms with E-state index in [0.717, 1.165) is 24.9 Å². The van der Waals surface area contributed by atoms with Crippen LogP contribution in [-0.2, 0) is 6.54 Å². The third-order valence-corrected chi connectivity index (χ3v) is 2.45. The molecule has 2 N–H and O–H groups in total. The molecule has 0 bridgehead atoms. The Bertz CT molecular complexity index is 328. The molecule has 0 spiro atoms. The molecule has 0 amide bonds. The molecule has 0 radical (unpaired) electrons. The molecule has 0 saturated heterocycles. The van der Waals surface area contributed by atoms with Crippen LogP contribution >= 0.6 is 0 Å². The van der Waals surface area contributed by atoms with Crippen LogP contribution in [-0.4, -0.2) is 24.4 Å². The predicted molar refractivity (Wildman–Crippen MR) is 65.7 cm³/mol. The Hall–Kier alpha value is -1.20. The monoisotopic (exact) mass is 259 g/mol.